The first-order chi connectivity index (χ1) is 17.9. The van der Waals surface area contributed by atoms with Crippen LogP contribution in [0.3, 0.4) is 0 Å². The number of aryl methyl sites for hydroxylation is 1. The maximum Gasteiger partial charge on any atom is 0.410 e. The van der Waals surface area contributed by atoms with Gasteiger partial charge in [-0.3, -0.25) is 4.98 Å². The minimum atomic E-state index is -3.98. The largest absolute Gasteiger partial charge is 0.480 e. The molecule has 0 spiro atoms. The first-order valence-corrected chi connectivity index (χ1v) is 13.4. The van der Waals surface area contributed by atoms with Gasteiger partial charge in [0.15, 0.2) is 0 Å². The lowest BCUT2D eigenvalue weighted by Crippen LogP contribution is -2.33. The van der Waals surface area contributed by atoms with Crippen LogP contribution in [0, 0.1) is 6.92 Å². The molecule has 0 saturated carbocycles. The number of pyridine rings is 2. The Labute approximate surface area is 222 Å². The summed E-state index contributed by atoms with van der Waals surface area (Å²) in [6, 6.07) is 12.1. The molecule has 3 aromatic heterocycles. The maximum atomic E-state index is 13.6. The van der Waals surface area contributed by atoms with Crippen molar-refractivity contribution in [1.29, 1.82) is 0 Å². The van der Waals surface area contributed by atoms with Crippen molar-refractivity contribution >= 4 is 38.4 Å². The van der Waals surface area contributed by atoms with Gasteiger partial charge in [-0.25, -0.2) is 22.2 Å². The van der Waals surface area contributed by atoms with Gasteiger partial charge in [0.1, 0.15) is 16.2 Å². The number of aromatic nitrogens is 3. The minimum absolute atomic E-state index is 0.0479. The predicted molar refractivity (Wildman–Crippen MR) is 145 cm³/mol. The second-order valence-electron chi connectivity index (χ2n) is 9.85. The van der Waals surface area contributed by atoms with Crippen molar-refractivity contribution in [3.05, 3.63) is 72.3 Å². The molecule has 38 heavy (non-hydrogen) atoms. The molecule has 0 aliphatic heterocycles. The van der Waals surface area contributed by atoms with Crippen molar-refractivity contribution in [3.8, 4) is 5.88 Å². The number of methoxy groups -OCH3 is 1. The van der Waals surface area contributed by atoms with E-state index in [4.69, 9.17) is 9.47 Å². The number of ether oxygens (including phenoxy) is 2. The van der Waals surface area contributed by atoms with E-state index in [0.717, 1.165) is 5.69 Å². The third-order valence-corrected chi connectivity index (χ3v) is 7.29. The SMILES string of the molecule is COc1nc(C)ccc1Nc1ccc2c(CN(C)C(=O)OC(C)(C)C)cn(S(=O)(=O)c3cccnc3)c2c1. The number of hydrogen-bond donors (Lipinski definition) is 1. The minimum Gasteiger partial charge on any atom is -0.480 e. The van der Waals surface area contributed by atoms with E-state index in [9.17, 15) is 13.2 Å². The Kier molecular flexibility index (Phi) is 7.32. The summed E-state index contributed by atoms with van der Waals surface area (Å²) in [5.74, 6) is 0.420. The van der Waals surface area contributed by atoms with Gasteiger partial charge in [-0.2, -0.15) is 0 Å². The van der Waals surface area contributed by atoms with Gasteiger partial charge >= 0.3 is 6.09 Å². The van der Waals surface area contributed by atoms with E-state index in [1.165, 1.54) is 40.6 Å². The second kappa shape index (κ2) is 10.3. The number of anilines is 2. The summed E-state index contributed by atoms with van der Waals surface area (Å²) in [7, 11) is -0.836. The van der Waals surface area contributed by atoms with Gasteiger partial charge in [0.2, 0.25) is 5.88 Å². The smallest absolute Gasteiger partial charge is 0.410 e. The summed E-state index contributed by atoms with van der Waals surface area (Å²) in [5, 5.41) is 3.94. The molecule has 200 valence electrons. The first-order valence-electron chi connectivity index (χ1n) is 11.9. The van der Waals surface area contributed by atoms with E-state index in [1.807, 2.05) is 31.2 Å². The van der Waals surface area contributed by atoms with Crippen LogP contribution in [0.2, 0.25) is 0 Å². The van der Waals surface area contributed by atoms with Crippen molar-refractivity contribution in [2.45, 2.75) is 44.7 Å². The summed E-state index contributed by atoms with van der Waals surface area (Å²) in [6.45, 7) is 7.38. The molecular weight excluding hydrogens is 506 g/mol. The predicted octanol–water partition coefficient (Wildman–Crippen LogP) is 5.10. The summed E-state index contributed by atoms with van der Waals surface area (Å²) in [5.41, 5.74) is 2.49. The Hall–Kier alpha value is -4.12. The molecule has 0 saturated heterocycles. The molecule has 1 amide bonds. The number of benzene rings is 1. The lowest BCUT2D eigenvalue weighted by molar-refractivity contribution is 0.0286. The van der Waals surface area contributed by atoms with Crippen LogP contribution in [-0.4, -0.2) is 53.1 Å². The van der Waals surface area contributed by atoms with Crippen LogP contribution in [0.4, 0.5) is 16.2 Å². The molecule has 1 aromatic carbocycles. The second-order valence-corrected chi connectivity index (χ2v) is 11.7. The standard InChI is InChI=1S/C27H31N5O5S/c1-18-9-12-23(25(29-18)36-6)30-20-10-11-22-19(16-31(5)26(33)37-27(2,3)4)17-32(24(22)14-20)38(34,35)21-8-7-13-28-15-21/h7-15,17,30H,16H2,1-6H3. The zero-order chi connectivity index (χ0) is 27.7. The van der Waals surface area contributed by atoms with Crippen LogP contribution in [0.25, 0.3) is 10.9 Å². The van der Waals surface area contributed by atoms with Crippen molar-refractivity contribution in [1.82, 2.24) is 18.8 Å². The van der Waals surface area contributed by atoms with Crippen molar-refractivity contribution in [2.75, 3.05) is 19.5 Å². The van der Waals surface area contributed by atoms with Crippen LogP contribution in [-0.2, 0) is 21.3 Å². The fourth-order valence-electron chi connectivity index (χ4n) is 3.88. The fraction of sp³-hybridized carbons (Fsp3) is 0.296. The van der Waals surface area contributed by atoms with Gasteiger partial charge < -0.3 is 19.7 Å². The Morgan fingerprint density at radius 1 is 1.16 bits per heavy atom. The molecule has 10 nitrogen and oxygen atoms in total. The molecule has 0 radical (unpaired) electrons. The molecular formula is C27H31N5O5S. The number of fused-ring (bicyclic) bond motifs is 1. The fourth-order valence-corrected chi connectivity index (χ4v) is 5.23. The van der Waals surface area contributed by atoms with Crippen molar-refractivity contribution in [2.24, 2.45) is 0 Å². The third kappa shape index (κ3) is 5.72. The third-order valence-electron chi connectivity index (χ3n) is 5.63. The van der Waals surface area contributed by atoms with E-state index >= 15 is 0 Å². The Bertz CT molecular complexity index is 1580. The molecule has 0 aliphatic carbocycles. The maximum absolute atomic E-state index is 13.6. The first kappa shape index (κ1) is 26.9. The van der Waals surface area contributed by atoms with Crippen LogP contribution in [0.15, 0.2) is 66.0 Å². The highest BCUT2D eigenvalue weighted by molar-refractivity contribution is 7.90. The molecule has 3 heterocycles. The average Bonchev–Trinajstić information content (AvgIpc) is 3.22. The number of amides is 1. The van der Waals surface area contributed by atoms with Crippen molar-refractivity contribution < 1.29 is 22.7 Å². The number of carbonyl (C=O) groups is 1. The zero-order valence-corrected chi connectivity index (χ0v) is 23.0. The Morgan fingerprint density at radius 3 is 2.58 bits per heavy atom. The van der Waals surface area contributed by atoms with Gasteiger partial charge in [0.05, 0.1) is 19.2 Å². The van der Waals surface area contributed by atoms with Crippen LogP contribution in [0.5, 0.6) is 5.88 Å². The molecule has 1 N–H and O–H groups in total. The normalized spacial score (nSPS) is 11.8. The van der Waals surface area contributed by atoms with E-state index < -0.39 is 21.7 Å². The molecule has 4 rings (SSSR count). The number of carbonyl (C=O) groups excluding carboxylic acids is 1. The number of hydrogen-bond acceptors (Lipinski definition) is 8. The van der Waals surface area contributed by atoms with E-state index in [0.29, 0.717) is 33.7 Å². The average molecular weight is 538 g/mol. The number of nitrogens with one attached hydrogen (secondary N) is 1. The molecule has 0 unspecified atom stereocenters. The molecule has 0 atom stereocenters. The summed E-state index contributed by atoms with van der Waals surface area (Å²) in [6.07, 6.45) is 3.84. The van der Waals surface area contributed by atoms with Crippen molar-refractivity contribution in [3.63, 3.8) is 0 Å². The van der Waals surface area contributed by atoms with Gasteiger partial charge in [0.25, 0.3) is 10.0 Å². The molecule has 4 aromatic rings. The van der Waals surface area contributed by atoms with E-state index in [2.05, 4.69) is 15.3 Å². The van der Waals surface area contributed by atoms with Gasteiger partial charge in [-0.15, -0.1) is 0 Å². The highest BCUT2D eigenvalue weighted by atomic mass is 32.2. The highest BCUT2D eigenvalue weighted by Crippen LogP contribution is 2.32. The van der Waals surface area contributed by atoms with E-state index in [1.54, 1.807) is 40.0 Å². The molecule has 11 heteroatoms. The van der Waals surface area contributed by atoms with E-state index in [-0.39, 0.29) is 11.4 Å². The monoisotopic (exact) mass is 537 g/mol. The number of nitrogens with zero attached hydrogens (tertiary/aromatic N) is 4. The Morgan fingerprint density at radius 2 is 1.92 bits per heavy atom. The van der Waals surface area contributed by atoms with Crippen LogP contribution < -0.4 is 10.1 Å². The van der Waals surface area contributed by atoms with Crippen LogP contribution >= 0.6 is 0 Å². The van der Waals surface area contributed by atoms with Gasteiger partial charge in [0, 0.05) is 42.4 Å². The molecule has 0 fully saturated rings. The van der Waals surface area contributed by atoms with Gasteiger partial charge in [-0.05, 0) is 69.7 Å². The Balaban J connectivity index is 1.80. The quantitative estimate of drug-likeness (QED) is 0.346. The molecule has 0 bridgehead atoms. The van der Waals surface area contributed by atoms with Crippen LogP contribution in [0.1, 0.15) is 32.0 Å². The lowest BCUT2D eigenvalue weighted by atomic mass is 10.1. The summed E-state index contributed by atoms with van der Waals surface area (Å²) >= 11 is 0. The lowest BCUT2D eigenvalue weighted by Gasteiger charge is -2.24. The summed E-state index contributed by atoms with van der Waals surface area (Å²) in [4.78, 5) is 22.4. The topological polar surface area (TPSA) is 116 Å². The highest BCUT2D eigenvalue weighted by Gasteiger charge is 2.25. The van der Waals surface area contributed by atoms with Gasteiger partial charge in [-0.1, -0.05) is 6.07 Å². The zero-order valence-electron chi connectivity index (χ0n) is 22.2. The number of rotatable bonds is 7. The summed E-state index contributed by atoms with van der Waals surface area (Å²) < 4.78 is 39.4. The molecule has 0 aliphatic rings.